The first kappa shape index (κ1) is 15.8. The molecule has 0 fully saturated rings. The fourth-order valence-electron chi connectivity index (χ4n) is 2.17. The van der Waals surface area contributed by atoms with E-state index in [4.69, 9.17) is 0 Å². The second-order valence-corrected chi connectivity index (χ2v) is 5.04. The Morgan fingerprint density at radius 3 is 2.75 bits per heavy atom. The predicted molar refractivity (Wildman–Crippen MR) is 80.6 cm³/mol. The monoisotopic (exact) mass is 332 g/mol. The number of hydrogen-bond donors (Lipinski definition) is 0. The molecule has 0 aliphatic rings. The molecular weight excluding hydrogens is 318 g/mol. The van der Waals surface area contributed by atoms with Crippen LogP contribution in [0.25, 0.3) is 5.69 Å². The Hall–Kier alpha value is -3.10. The molecule has 2 heterocycles. The van der Waals surface area contributed by atoms with E-state index in [1.165, 1.54) is 35.3 Å². The molecule has 1 amide bonds. The van der Waals surface area contributed by atoms with Crippen LogP contribution >= 0.6 is 0 Å². The molecule has 0 aliphatic carbocycles. The normalized spacial score (nSPS) is 11.0. The van der Waals surface area contributed by atoms with Crippen molar-refractivity contribution >= 4 is 5.91 Å². The van der Waals surface area contributed by atoms with Crippen molar-refractivity contribution in [3.05, 3.63) is 60.4 Å². The minimum Gasteiger partial charge on any atom is -0.333 e. The van der Waals surface area contributed by atoms with E-state index in [9.17, 15) is 13.6 Å². The Morgan fingerprint density at radius 2 is 2.04 bits per heavy atom. The fraction of sp³-hybridized carbons (Fsp3) is 0.200. The van der Waals surface area contributed by atoms with Crippen molar-refractivity contribution in [2.24, 2.45) is 0 Å². The molecular formula is C15H14F2N6O. The van der Waals surface area contributed by atoms with Crippen molar-refractivity contribution in [3.63, 3.8) is 0 Å². The van der Waals surface area contributed by atoms with E-state index in [2.05, 4.69) is 15.2 Å². The van der Waals surface area contributed by atoms with Gasteiger partial charge in [-0.25, -0.2) is 4.98 Å². The van der Waals surface area contributed by atoms with E-state index in [1.54, 1.807) is 12.1 Å². The molecule has 0 N–H and O–H groups in total. The summed E-state index contributed by atoms with van der Waals surface area (Å²) >= 11 is 0. The molecule has 1 aromatic carbocycles. The van der Waals surface area contributed by atoms with Gasteiger partial charge in [0.2, 0.25) is 0 Å². The molecule has 0 saturated carbocycles. The maximum atomic E-state index is 12.8. The van der Waals surface area contributed by atoms with Gasteiger partial charge in [0, 0.05) is 19.4 Å². The number of hydrogen-bond acceptors (Lipinski definition) is 4. The number of carbonyl (C=O) groups excluding carboxylic acids is 1. The molecule has 0 atom stereocenters. The van der Waals surface area contributed by atoms with Crippen molar-refractivity contribution < 1.29 is 13.6 Å². The largest absolute Gasteiger partial charge is 0.333 e. The predicted octanol–water partition coefficient (Wildman–Crippen LogP) is 2.13. The van der Waals surface area contributed by atoms with Crippen molar-refractivity contribution in [2.75, 3.05) is 7.05 Å². The molecule has 3 aromatic rings. The topological polar surface area (TPSA) is 68.8 Å². The fourth-order valence-corrected chi connectivity index (χ4v) is 2.17. The van der Waals surface area contributed by atoms with Crippen molar-refractivity contribution in [3.8, 4) is 5.69 Å². The third-order valence-electron chi connectivity index (χ3n) is 3.38. The smallest absolute Gasteiger partial charge is 0.319 e. The first-order valence-corrected chi connectivity index (χ1v) is 7.09. The highest BCUT2D eigenvalue weighted by Gasteiger charge is 2.19. The van der Waals surface area contributed by atoms with Gasteiger partial charge < -0.3 is 4.90 Å². The van der Waals surface area contributed by atoms with Gasteiger partial charge in [0.1, 0.15) is 5.82 Å². The third-order valence-corrected chi connectivity index (χ3v) is 3.38. The Balaban J connectivity index is 1.74. The lowest BCUT2D eigenvalue weighted by atomic mass is 10.3. The molecule has 0 unspecified atom stereocenters. The van der Waals surface area contributed by atoms with Crippen LogP contribution in [0, 0.1) is 0 Å². The van der Waals surface area contributed by atoms with Crippen LogP contribution in [0.4, 0.5) is 8.78 Å². The molecule has 7 nitrogen and oxygen atoms in total. The van der Waals surface area contributed by atoms with Crippen LogP contribution in [0.5, 0.6) is 0 Å². The number of para-hydroxylation sites is 1. The summed E-state index contributed by atoms with van der Waals surface area (Å²) in [7, 11) is 1.49. The van der Waals surface area contributed by atoms with Gasteiger partial charge in [0.25, 0.3) is 5.91 Å². The number of rotatable bonds is 5. The number of benzene rings is 1. The average molecular weight is 332 g/mol. The lowest BCUT2D eigenvalue weighted by Gasteiger charge is -2.16. The van der Waals surface area contributed by atoms with E-state index >= 15 is 0 Å². The first-order chi connectivity index (χ1) is 11.6. The zero-order valence-corrected chi connectivity index (χ0v) is 12.8. The molecule has 9 heteroatoms. The summed E-state index contributed by atoms with van der Waals surface area (Å²) in [4.78, 5) is 18.8. The Labute approximate surface area is 136 Å². The van der Waals surface area contributed by atoms with Crippen molar-refractivity contribution in [1.29, 1.82) is 0 Å². The summed E-state index contributed by atoms with van der Waals surface area (Å²) in [5, 5.41) is 8.18. The van der Waals surface area contributed by atoms with Gasteiger partial charge in [0.05, 0.1) is 18.4 Å². The van der Waals surface area contributed by atoms with Crippen LogP contribution in [-0.4, -0.2) is 42.4 Å². The van der Waals surface area contributed by atoms with E-state index in [0.29, 0.717) is 10.3 Å². The lowest BCUT2D eigenvalue weighted by molar-refractivity contribution is 0.0611. The quantitative estimate of drug-likeness (QED) is 0.718. The molecule has 0 bridgehead atoms. The maximum Gasteiger partial charge on any atom is 0.319 e. The van der Waals surface area contributed by atoms with Gasteiger partial charge in [-0.05, 0) is 12.1 Å². The Morgan fingerprint density at radius 1 is 1.29 bits per heavy atom. The molecule has 24 heavy (non-hydrogen) atoms. The van der Waals surface area contributed by atoms with Crippen LogP contribution in [0.15, 0.2) is 48.9 Å². The van der Waals surface area contributed by atoms with Gasteiger partial charge in [-0.15, -0.1) is 5.10 Å². The highest BCUT2D eigenvalue weighted by molar-refractivity contribution is 5.91. The average Bonchev–Trinajstić information content (AvgIpc) is 3.24. The summed E-state index contributed by atoms with van der Waals surface area (Å²) in [6.45, 7) is -2.76. The van der Waals surface area contributed by atoms with E-state index < -0.39 is 12.5 Å². The summed E-state index contributed by atoms with van der Waals surface area (Å²) < 4.78 is 26.4. The van der Waals surface area contributed by atoms with Crippen LogP contribution in [0.2, 0.25) is 0 Å². The Bertz CT molecular complexity index is 829. The molecule has 3 rings (SSSR count). The lowest BCUT2D eigenvalue weighted by Crippen LogP contribution is -2.28. The van der Waals surface area contributed by atoms with Gasteiger partial charge >= 0.3 is 6.55 Å². The van der Waals surface area contributed by atoms with E-state index in [1.807, 2.05) is 18.2 Å². The molecule has 124 valence electrons. The zero-order valence-electron chi connectivity index (χ0n) is 12.8. The highest BCUT2D eigenvalue weighted by Crippen LogP contribution is 2.14. The Kier molecular flexibility index (Phi) is 4.32. The van der Waals surface area contributed by atoms with Crippen LogP contribution in [0.1, 0.15) is 22.9 Å². The highest BCUT2D eigenvalue weighted by atomic mass is 19.3. The minimum atomic E-state index is -2.70. The molecule has 2 aromatic heterocycles. The number of alkyl halides is 2. The van der Waals surface area contributed by atoms with E-state index in [0.717, 1.165) is 0 Å². The van der Waals surface area contributed by atoms with Crippen LogP contribution < -0.4 is 0 Å². The molecule has 0 aliphatic heterocycles. The minimum absolute atomic E-state index is 0.0611. The number of imidazole rings is 1. The number of aromatic nitrogens is 5. The number of halogens is 2. The summed E-state index contributed by atoms with van der Waals surface area (Å²) in [6.07, 6.45) is 3.78. The second kappa shape index (κ2) is 6.57. The van der Waals surface area contributed by atoms with E-state index in [-0.39, 0.29) is 18.1 Å². The van der Waals surface area contributed by atoms with Crippen molar-refractivity contribution in [2.45, 2.75) is 13.1 Å². The SMILES string of the molecule is CN(Cc1nccn1C(F)F)C(=O)c1cnn(-c2ccccc2)n1. The van der Waals surface area contributed by atoms with Gasteiger partial charge in [-0.3, -0.25) is 9.36 Å². The summed E-state index contributed by atoms with van der Waals surface area (Å²) in [6, 6.07) is 9.12. The van der Waals surface area contributed by atoms with Crippen molar-refractivity contribution in [1.82, 2.24) is 29.4 Å². The molecule has 0 radical (unpaired) electrons. The maximum absolute atomic E-state index is 12.8. The van der Waals surface area contributed by atoms with Crippen LogP contribution in [0.3, 0.4) is 0 Å². The standard InChI is InChI=1S/C15H14F2N6O/c1-21(10-13-18-7-8-22(13)15(16)17)14(24)12-9-19-23(20-12)11-5-3-2-4-6-11/h2-9,15H,10H2,1H3. The van der Waals surface area contributed by atoms with Crippen LogP contribution in [-0.2, 0) is 6.54 Å². The number of nitrogens with zero attached hydrogens (tertiary/aromatic N) is 6. The number of amides is 1. The zero-order chi connectivity index (χ0) is 17.1. The third kappa shape index (κ3) is 3.14. The second-order valence-electron chi connectivity index (χ2n) is 5.04. The molecule has 0 spiro atoms. The summed E-state index contributed by atoms with van der Waals surface area (Å²) in [5.41, 5.74) is 0.837. The number of carbonyl (C=O) groups is 1. The van der Waals surface area contributed by atoms with Gasteiger partial charge in [-0.2, -0.15) is 18.7 Å². The molecule has 0 saturated heterocycles. The van der Waals surface area contributed by atoms with Gasteiger partial charge in [-0.1, -0.05) is 18.2 Å². The summed E-state index contributed by atoms with van der Waals surface area (Å²) in [5.74, 6) is -0.336. The first-order valence-electron chi connectivity index (χ1n) is 7.09. The van der Waals surface area contributed by atoms with Gasteiger partial charge in [0.15, 0.2) is 5.69 Å².